The van der Waals surface area contributed by atoms with Crippen molar-refractivity contribution in [2.24, 2.45) is 5.41 Å². The summed E-state index contributed by atoms with van der Waals surface area (Å²) >= 11 is 11.4. The Hall–Kier alpha value is -2.51. The van der Waals surface area contributed by atoms with Gasteiger partial charge < -0.3 is 14.8 Å². The van der Waals surface area contributed by atoms with Gasteiger partial charge in [-0.1, -0.05) is 23.2 Å². The average molecular weight is 453 g/mol. The van der Waals surface area contributed by atoms with E-state index >= 15 is 0 Å². The zero-order chi connectivity index (χ0) is 21.4. The minimum atomic E-state index is -0.657. The predicted molar refractivity (Wildman–Crippen MR) is 110 cm³/mol. The summed E-state index contributed by atoms with van der Waals surface area (Å²) in [7, 11) is 0. The van der Waals surface area contributed by atoms with Crippen LogP contribution >= 0.6 is 23.2 Å². The summed E-state index contributed by atoms with van der Waals surface area (Å²) in [6, 6.07) is 10.8. The summed E-state index contributed by atoms with van der Waals surface area (Å²) in [5, 5.41) is 6.05. The number of amides is 2. The highest BCUT2D eigenvalue weighted by atomic mass is 35.5. The number of anilines is 1. The minimum Gasteiger partial charge on any atom is -0.484 e. The Balaban J connectivity index is 1.16. The molecule has 0 saturated heterocycles. The van der Waals surface area contributed by atoms with Crippen LogP contribution in [-0.4, -0.2) is 30.8 Å². The number of hydrogen-bond donors (Lipinski definition) is 2. The van der Waals surface area contributed by atoms with Gasteiger partial charge in [0.1, 0.15) is 11.6 Å². The highest BCUT2D eigenvalue weighted by Crippen LogP contribution is 2.67. The Labute approximate surface area is 182 Å². The van der Waals surface area contributed by atoms with E-state index in [4.69, 9.17) is 32.7 Å². The molecule has 30 heavy (non-hydrogen) atoms. The molecule has 6 nitrogen and oxygen atoms in total. The third-order valence-electron chi connectivity index (χ3n) is 5.40. The molecule has 3 aliphatic rings. The van der Waals surface area contributed by atoms with Crippen LogP contribution in [0.1, 0.15) is 19.3 Å². The van der Waals surface area contributed by atoms with E-state index in [1.165, 1.54) is 12.1 Å². The molecule has 2 aromatic rings. The van der Waals surface area contributed by atoms with Crippen LogP contribution < -0.4 is 15.4 Å². The third-order valence-corrected chi connectivity index (χ3v) is 5.96. The molecule has 0 heterocycles. The Bertz CT molecular complexity index is 964. The first kappa shape index (κ1) is 20.8. The molecule has 3 saturated carbocycles. The number of nitrogens with one attached hydrogen (secondary N) is 2. The zero-order valence-electron chi connectivity index (χ0n) is 15.8. The van der Waals surface area contributed by atoms with Gasteiger partial charge in [-0.05, 0) is 61.7 Å². The Kier molecular flexibility index (Phi) is 5.51. The number of carbonyl (C=O) groups is 2. The van der Waals surface area contributed by atoms with E-state index in [1.807, 2.05) is 0 Å². The van der Waals surface area contributed by atoms with Gasteiger partial charge >= 0.3 is 6.09 Å². The molecule has 5 rings (SSSR count). The normalized spacial score (nSPS) is 23.6. The number of halogens is 3. The highest BCUT2D eigenvalue weighted by molar-refractivity contribution is 6.31. The topological polar surface area (TPSA) is 76.7 Å². The summed E-state index contributed by atoms with van der Waals surface area (Å²) in [5.74, 6) is -0.239. The first-order valence-corrected chi connectivity index (χ1v) is 10.1. The first-order valence-electron chi connectivity index (χ1n) is 9.35. The fraction of sp³-hybridized carbons (Fsp3) is 0.333. The molecule has 9 heteroatoms. The molecule has 158 valence electrons. The van der Waals surface area contributed by atoms with E-state index in [2.05, 4.69) is 10.6 Å². The second-order valence-electron chi connectivity index (χ2n) is 7.93. The molecule has 0 spiro atoms. The van der Waals surface area contributed by atoms with Gasteiger partial charge in [-0.15, -0.1) is 0 Å². The van der Waals surface area contributed by atoms with Gasteiger partial charge in [0.2, 0.25) is 0 Å². The fourth-order valence-electron chi connectivity index (χ4n) is 4.24. The van der Waals surface area contributed by atoms with E-state index in [0.717, 1.165) is 25.3 Å². The van der Waals surface area contributed by atoms with Gasteiger partial charge in [-0.2, -0.15) is 0 Å². The van der Waals surface area contributed by atoms with Crippen molar-refractivity contribution in [3.8, 4) is 5.75 Å². The van der Waals surface area contributed by atoms with Crippen LogP contribution in [0.3, 0.4) is 0 Å². The lowest BCUT2D eigenvalue weighted by atomic mass is 9.39. The maximum absolute atomic E-state index is 13.4. The highest BCUT2D eigenvalue weighted by Gasteiger charge is 2.68. The summed E-state index contributed by atoms with van der Waals surface area (Å²) in [5.41, 5.74) is -0.0733. The van der Waals surface area contributed by atoms with Crippen molar-refractivity contribution < 1.29 is 23.5 Å². The summed E-state index contributed by atoms with van der Waals surface area (Å²) in [6.07, 6.45) is 1.58. The smallest absolute Gasteiger partial charge is 0.411 e. The van der Waals surface area contributed by atoms with E-state index in [0.29, 0.717) is 10.8 Å². The van der Waals surface area contributed by atoms with Crippen molar-refractivity contribution in [3.05, 3.63) is 58.3 Å². The van der Waals surface area contributed by atoms with Crippen LogP contribution in [0.15, 0.2) is 42.5 Å². The summed E-state index contributed by atoms with van der Waals surface area (Å²) in [6.45, 7) is 0.167. The predicted octanol–water partition coefficient (Wildman–Crippen LogP) is 4.80. The lowest BCUT2D eigenvalue weighted by Gasteiger charge is -2.70. The van der Waals surface area contributed by atoms with Crippen molar-refractivity contribution in [1.82, 2.24) is 5.32 Å². The van der Waals surface area contributed by atoms with Crippen LogP contribution in [0.2, 0.25) is 10.0 Å². The van der Waals surface area contributed by atoms with E-state index in [9.17, 15) is 14.0 Å². The van der Waals surface area contributed by atoms with E-state index in [1.54, 1.807) is 24.3 Å². The largest absolute Gasteiger partial charge is 0.484 e. The van der Waals surface area contributed by atoms with Crippen molar-refractivity contribution in [2.45, 2.75) is 24.8 Å². The standard InChI is InChI=1S/C21H19Cl2FN2O4/c22-13-1-4-15(5-2-13)29-8-18(27)26-21-9-20(10-21,11-21)12-30-19(28)25-14-3-6-16(23)17(24)7-14/h1-7H,8-12H2,(H,25,28)(H,26,27). The van der Waals surface area contributed by atoms with Crippen LogP contribution in [-0.2, 0) is 9.53 Å². The molecule has 3 aliphatic carbocycles. The Morgan fingerprint density at radius 3 is 2.43 bits per heavy atom. The molecule has 0 aliphatic heterocycles. The molecule has 3 fully saturated rings. The first-order chi connectivity index (χ1) is 14.3. The van der Waals surface area contributed by atoms with Crippen LogP contribution in [0.4, 0.5) is 14.9 Å². The maximum Gasteiger partial charge on any atom is 0.411 e. The SMILES string of the molecule is O=C(COc1ccc(Cl)cc1)NC12CC(COC(=O)Nc3ccc(Cl)c(F)c3)(C1)C2. The van der Waals surface area contributed by atoms with Crippen LogP contribution in [0, 0.1) is 11.2 Å². The number of hydrogen-bond acceptors (Lipinski definition) is 4. The maximum atomic E-state index is 13.4. The lowest BCUT2D eigenvalue weighted by molar-refractivity contribution is -0.183. The molecular formula is C21H19Cl2FN2O4. The van der Waals surface area contributed by atoms with Gasteiger partial charge in [-0.25, -0.2) is 9.18 Å². The Morgan fingerprint density at radius 2 is 1.77 bits per heavy atom. The number of ether oxygens (including phenoxy) is 2. The molecule has 2 N–H and O–H groups in total. The average Bonchev–Trinajstić information content (AvgIpc) is 2.65. The van der Waals surface area contributed by atoms with Crippen molar-refractivity contribution in [1.29, 1.82) is 0 Å². The van der Waals surface area contributed by atoms with Gasteiger partial charge in [0.25, 0.3) is 5.91 Å². The van der Waals surface area contributed by atoms with E-state index in [-0.39, 0.29) is 40.8 Å². The summed E-state index contributed by atoms with van der Waals surface area (Å²) in [4.78, 5) is 24.1. The third kappa shape index (κ3) is 4.47. The van der Waals surface area contributed by atoms with Gasteiger partial charge in [0.05, 0.1) is 11.6 Å². The molecular weight excluding hydrogens is 434 g/mol. The minimum absolute atomic E-state index is 0.0197. The molecule has 0 unspecified atom stereocenters. The van der Waals surface area contributed by atoms with Crippen LogP contribution in [0.5, 0.6) is 5.75 Å². The quantitative estimate of drug-likeness (QED) is 0.632. The number of rotatable bonds is 7. The fourth-order valence-corrected chi connectivity index (χ4v) is 4.49. The molecule has 2 amide bonds. The summed E-state index contributed by atoms with van der Waals surface area (Å²) < 4.78 is 24.1. The van der Waals surface area contributed by atoms with Crippen molar-refractivity contribution in [2.75, 3.05) is 18.5 Å². The van der Waals surface area contributed by atoms with E-state index < -0.39 is 11.9 Å². The molecule has 0 aromatic heterocycles. The van der Waals surface area contributed by atoms with Gasteiger partial charge in [0, 0.05) is 21.7 Å². The van der Waals surface area contributed by atoms with Crippen molar-refractivity contribution in [3.63, 3.8) is 0 Å². The molecule has 0 atom stereocenters. The second-order valence-corrected chi connectivity index (χ2v) is 8.78. The van der Waals surface area contributed by atoms with Crippen LogP contribution in [0.25, 0.3) is 0 Å². The van der Waals surface area contributed by atoms with Gasteiger partial charge in [-0.3, -0.25) is 10.1 Å². The van der Waals surface area contributed by atoms with Crippen molar-refractivity contribution >= 4 is 40.9 Å². The number of carbonyl (C=O) groups excluding carboxylic acids is 2. The zero-order valence-corrected chi connectivity index (χ0v) is 17.4. The lowest BCUT2D eigenvalue weighted by Crippen LogP contribution is -2.76. The Morgan fingerprint density at radius 1 is 1.07 bits per heavy atom. The second kappa shape index (κ2) is 7.96. The molecule has 2 aromatic carbocycles. The monoisotopic (exact) mass is 452 g/mol. The van der Waals surface area contributed by atoms with Gasteiger partial charge in [0.15, 0.2) is 6.61 Å². The molecule has 0 radical (unpaired) electrons. The number of benzene rings is 2. The molecule has 2 bridgehead atoms.